The summed E-state index contributed by atoms with van der Waals surface area (Å²) in [5.74, 6) is -0.227. The van der Waals surface area contributed by atoms with Crippen LogP contribution in [0.1, 0.15) is 16.1 Å². The second-order valence-electron chi connectivity index (χ2n) is 4.95. The molecule has 2 aromatic heterocycles. The van der Waals surface area contributed by atoms with Crippen LogP contribution >= 0.6 is 0 Å². The zero-order valence-electron chi connectivity index (χ0n) is 12.2. The summed E-state index contributed by atoms with van der Waals surface area (Å²) in [7, 11) is 0. The summed E-state index contributed by atoms with van der Waals surface area (Å²) < 4.78 is 18.0. The first-order valence-corrected chi connectivity index (χ1v) is 7.12. The molecule has 0 spiro atoms. The zero-order valence-corrected chi connectivity index (χ0v) is 12.2. The van der Waals surface area contributed by atoms with Crippen molar-refractivity contribution in [2.24, 2.45) is 0 Å². The average molecular weight is 311 g/mol. The topological polar surface area (TPSA) is 68.0 Å². The number of aromatic nitrogens is 2. The molecule has 1 aromatic carbocycles. The number of halogens is 1. The van der Waals surface area contributed by atoms with E-state index in [0.29, 0.717) is 24.3 Å². The van der Waals surface area contributed by atoms with Gasteiger partial charge in [0.2, 0.25) is 0 Å². The van der Waals surface area contributed by atoms with Crippen LogP contribution in [-0.4, -0.2) is 22.6 Å². The molecule has 0 aliphatic rings. The number of carbonyl (C=O) groups excluding carboxylic acids is 1. The molecule has 23 heavy (non-hydrogen) atoms. The summed E-state index contributed by atoms with van der Waals surface area (Å²) >= 11 is 0. The second-order valence-corrected chi connectivity index (χ2v) is 4.95. The lowest BCUT2D eigenvalue weighted by molar-refractivity contribution is 0.0945. The third kappa shape index (κ3) is 3.79. The van der Waals surface area contributed by atoms with Crippen molar-refractivity contribution in [3.8, 4) is 11.3 Å². The molecule has 116 valence electrons. The first-order valence-electron chi connectivity index (χ1n) is 7.12. The fourth-order valence-electron chi connectivity index (χ4n) is 2.09. The molecular formula is C17H14FN3O2. The molecule has 6 heteroatoms. The Hall–Kier alpha value is -3.02. The monoisotopic (exact) mass is 311 g/mol. The van der Waals surface area contributed by atoms with Crippen molar-refractivity contribution < 1.29 is 13.7 Å². The maximum atomic E-state index is 12.9. The van der Waals surface area contributed by atoms with E-state index >= 15 is 0 Å². The number of carbonyl (C=O) groups is 1. The van der Waals surface area contributed by atoms with Gasteiger partial charge in [0.25, 0.3) is 5.91 Å². The van der Waals surface area contributed by atoms with Gasteiger partial charge < -0.3 is 9.84 Å². The standard InChI is InChI=1S/C17H14FN3O2/c18-14-5-3-13(4-6-14)16-10-15(21-23-16)17(22)20-9-7-12-2-1-8-19-11-12/h1-6,8,10-11H,7,9H2,(H,20,22). The van der Waals surface area contributed by atoms with E-state index in [0.717, 1.165) is 5.56 Å². The van der Waals surface area contributed by atoms with Crippen LogP contribution in [-0.2, 0) is 6.42 Å². The largest absolute Gasteiger partial charge is 0.355 e. The molecule has 1 amide bonds. The van der Waals surface area contributed by atoms with Gasteiger partial charge in [0, 0.05) is 30.6 Å². The van der Waals surface area contributed by atoms with E-state index in [4.69, 9.17) is 4.52 Å². The Morgan fingerprint density at radius 1 is 1.22 bits per heavy atom. The van der Waals surface area contributed by atoms with Gasteiger partial charge in [-0.05, 0) is 42.3 Å². The van der Waals surface area contributed by atoms with Gasteiger partial charge in [-0.25, -0.2) is 4.39 Å². The van der Waals surface area contributed by atoms with Gasteiger partial charge in [-0.15, -0.1) is 0 Å². The Labute approximate surface area is 132 Å². The van der Waals surface area contributed by atoms with Crippen LogP contribution in [0.5, 0.6) is 0 Å². The normalized spacial score (nSPS) is 10.5. The number of hydrogen-bond donors (Lipinski definition) is 1. The number of amides is 1. The van der Waals surface area contributed by atoms with Crippen LogP contribution < -0.4 is 5.32 Å². The predicted molar refractivity (Wildman–Crippen MR) is 82.2 cm³/mol. The van der Waals surface area contributed by atoms with E-state index in [1.807, 2.05) is 12.1 Å². The second kappa shape index (κ2) is 6.83. The summed E-state index contributed by atoms with van der Waals surface area (Å²) in [5, 5.41) is 6.52. The van der Waals surface area contributed by atoms with Crippen molar-refractivity contribution in [1.29, 1.82) is 0 Å². The maximum Gasteiger partial charge on any atom is 0.273 e. The first-order chi connectivity index (χ1) is 11.2. The summed E-state index contributed by atoms with van der Waals surface area (Å²) in [5.41, 5.74) is 1.89. The van der Waals surface area contributed by atoms with Crippen LogP contribution in [0.2, 0.25) is 0 Å². The van der Waals surface area contributed by atoms with E-state index in [1.165, 1.54) is 18.2 Å². The van der Waals surface area contributed by atoms with E-state index in [-0.39, 0.29) is 17.4 Å². The fraction of sp³-hybridized carbons (Fsp3) is 0.118. The molecule has 0 saturated heterocycles. The van der Waals surface area contributed by atoms with Crippen molar-refractivity contribution in [3.63, 3.8) is 0 Å². The van der Waals surface area contributed by atoms with Crippen molar-refractivity contribution in [2.75, 3.05) is 6.54 Å². The van der Waals surface area contributed by atoms with Gasteiger partial charge in [0.1, 0.15) is 5.82 Å². The Bertz CT molecular complexity index is 785. The molecule has 0 unspecified atom stereocenters. The van der Waals surface area contributed by atoms with Crippen molar-refractivity contribution in [3.05, 3.63) is 71.9 Å². The highest BCUT2D eigenvalue weighted by atomic mass is 19.1. The van der Waals surface area contributed by atoms with Crippen LogP contribution in [0.25, 0.3) is 11.3 Å². The van der Waals surface area contributed by atoms with Gasteiger partial charge in [-0.3, -0.25) is 9.78 Å². The van der Waals surface area contributed by atoms with E-state index < -0.39 is 0 Å². The molecule has 0 saturated carbocycles. The Morgan fingerprint density at radius 3 is 2.78 bits per heavy atom. The molecule has 0 aliphatic heterocycles. The molecule has 3 aromatic rings. The van der Waals surface area contributed by atoms with Gasteiger partial charge in [-0.1, -0.05) is 11.2 Å². The highest BCUT2D eigenvalue weighted by molar-refractivity contribution is 5.93. The molecule has 0 fully saturated rings. The first kappa shape index (κ1) is 14.9. The van der Waals surface area contributed by atoms with Gasteiger partial charge >= 0.3 is 0 Å². The van der Waals surface area contributed by atoms with Crippen molar-refractivity contribution >= 4 is 5.91 Å². The molecule has 0 radical (unpaired) electrons. The smallest absolute Gasteiger partial charge is 0.273 e. The summed E-state index contributed by atoms with van der Waals surface area (Å²) in [6.07, 6.45) is 4.14. The lowest BCUT2D eigenvalue weighted by atomic mass is 10.1. The minimum absolute atomic E-state index is 0.190. The third-order valence-corrected chi connectivity index (χ3v) is 3.29. The number of benzene rings is 1. The quantitative estimate of drug-likeness (QED) is 0.786. The number of pyridine rings is 1. The molecule has 5 nitrogen and oxygen atoms in total. The number of rotatable bonds is 5. The predicted octanol–water partition coefficient (Wildman–Crippen LogP) is 2.85. The summed E-state index contributed by atoms with van der Waals surface area (Å²) in [6, 6.07) is 11.1. The highest BCUT2D eigenvalue weighted by Gasteiger charge is 2.13. The van der Waals surface area contributed by atoms with E-state index in [2.05, 4.69) is 15.5 Å². The van der Waals surface area contributed by atoms with Crippen molar-refractivity contribution in [1.82, 2.24) is 15.5 Å². The molecule has 1 N–H and O–H groups in total. The molecular weight excluding hydrogens is 297 g/mol. The number of nitrogens with one attached hydrogen (secondary N) is 1. The van der Waals surface area contributed by atoms with Crippen LogP contribution in [0.3, 0.4) is 0 Å². The lowest BCUT2D eigenvalue weighted by Gasteiger charge is -2.02. The Kier molecular flexibility index (Phi) is 4.42. The minimum atomic E-state index is -0.332. The highest BCUT2D eigenvalue weighted by Crippen LogP contribution is 2.20. The molecule has 0 atom stereocenters. The maximum absolute atomic E-state index is 12.9. The Morgan fingerprint density at radius 2 is 2.04 bits per heavy atom. The van der Waals surface area contributed by atoms with Crippen molar-refractivity contribution in [2.45, 2.75) is 6.42 Å². The van der Waals surface area contributed by atoms with Crippen LogP contribution in [0.4, 0.5) is 4.39 Å². The Balaban J connectivity index is 1.59. The fourth-order valence-corrected chi connectivity index (χ4v) is 2.09. The third-order valence-electron chi connectivity index (χ3n) is 3.29. The summed E-state index contributed by atoms with van der Waals surface area (Å²) in [6.45, 7) is 0.475. The minimum Gasteiger partial charge on any atom is -0.355 e. The lowest BCUT2D eigenvalue weighted by Crippen LogP contribution is -2.25. The SMILES string of the molecule is O=C(NCCc1cccnc1)c1cc(-c2ccc(F)cc2)on1. The number of nitrogens with zero attached hydrogens (tertiary/aromatic N) is 2. The van der Waals surface area contributed by atoms with Gasteiger partial charge in [0.15, 0.2) is 11.5 Å². The average Bonchev–Trinajstić information content (AvgIpc) is 3.06. The van der Waals surface area contributed by atoms with Gasteiger partial charge in [-0.2, -0.15) is 0 Å². The number of hydrogen-bond acceptors (Lipinski definition) is 4. The summed E-state index contributed by atoms with van der Waals surface area (Å²) in [4.78, 5) is 16.0. The molecule has 0 bridgehead atoms. The van der Waals surface area contributed by atoms with E-state index in [1.54, 1.807) is 24.5 Å². The van der Waals surface area contributed by atoms with Crippen LogP contribution in [0.15, 0.2) is 59.4 Å². The molecule has 2 heterocycles. The molecule has 0 aliphatic carbocycles. The molecule has 3 rings (SSSR count). The van der Waals surface area contributed by atoms with E-state index in [9.17, 15) is 9.18 Å². The zero-order chi connectivity index (χ0) is 16.1. The van der Waals surface area contributed by atoms with Crippen LogP contribution in [0, 0.1) is 5.82 Å². The van der Waals surface area contributed by atoms with Gasteiger partial charge in [0.05, 0.1) is 0 Å².